The van der Waals surface area contributed by atoms with E-state index in [1.807, 2.05) is 75.0 Å². The number of amides is 2. The molecule has 2 heterocycles. The molecule has 0 aliphatic carbocycles. The maximum Gasteiger partial charge on any atom is 0.337 e. The van der Waals surface area contributed by atoms with Gasteiger partial charge in [-0.1, -0.05) is 24.3 Å². The number of ether oxygens (including phenoxy) is 1. The number of benzene rings is 2. The summed E-state index contributed by atoms with van der Waals surface area (Å²) >= 11 is 0. The van der Waals surface area contributed by atoms with Crippen LogP contribution in [0.5, 0.6) is 0 Å². The highest BCUT2D eigenvalue weighted by Crippen LogP contribution is 2.30. The lowest BCUT2D eigenvalue weighted by Gasteiger charge is -2.34. The maximum absolute atomic E-state index is 14.1. The Kier molecular flexibility index (Phi) is 7.61. The monoisotopic (exact) mass is 516 g/mol. The van der Waals surface area contributed by atoms with Gasteiger partial charge in [-0.05, 0) is 68.8 Å². The van der Waals surface area contributed by atoms with E-state index in [-0.39, 0.29) is 18.4 Å². The molecule has 0 aliphatic rings. The Bertz CT molecular complexity index is 1450. The summed E-state index contributed by atoms with van der Waals surface area (Å²) in [6.45, 7) is 5.71. The van der Waals surface area contributed by atoms with Crippen molar-refractivity contribution >= 4 is 34.5 Å². The number of hydrogen-bond donors (Lipinski definition) is 1. The van der Waals surface area contributed by atoms with Gasteiger partial charge in [0.05, 0.1) is 23.9 Å². The molecule has 2 amide bonds. The highest BCUT2D eigenvalue weighted by atomic mass is 16.5. The first-order valence-electron chi connectivity index (χ1n) is 12.4. The van der Waals surface area contributed by atoms with Crippen molar-refractivity contribution in [2.24, 2.45) is 7.05 Å². The normalized spacial score (nSPS) is 12.2. The number of aromatic nitrogens is 4. The predicted molar refractivity (Wildman–Crippen MR) is 143 cm³/mol. The van der Waals surface area contributed by atoms with Gasteiger partial charge in [-0.25, -0.2) is 9.48 Å². The van der Waals surface area contributed by atoms with Crippen LogP contribution in [0.2, 0.25) is 0 Å². The van der Waals surface area contributed by atoms with E-state index < -0.39 is 17.6 Å². The first-order chi connectivity index (χ1) is 18.1. The Hall–Kier alpha value is -4.47. The van der Waals surface area contributed by atoms with Crippen molar-refractivity contribution in [3.05, 3.63) is 78.1 Å². The zero-order valence-corrected chi connectivity index (χ0v) is 22.2. The van der Waals surface area contributed by atoms with Crippen LogP contribution in [0.4, 0.5) is 5.69 Å². The summed E-state index contributed by atoms with van der Waals surface area (Å²) in [5.41, 5.74) is 2.28. The summed E-state index contributed by atoms with van der Waals surface area (Å²) < 4.78 is 8.15. The zero-order chi connectivity index (χ0) is 27.4. The molecule has 1 atom stereocenters. The molecule has 4 aromatic rings. The quantitative estimate of drug-likeness (QED) is 0.340. The van der Waals surface area contributed by atoms with E-state index in [0.717, 1.165) is 0 Å². The molecule has 0 aliphatic heterocycles. The lowest BCUT2D eigenvalue weighted by molar-refractivity contribution is -0.128. The molecule has 0 radical (unpaired) electrons. The van der Waals surface area contributed by atoms with E-state index in [2.05, 4.69) is 15.6 Å². The van der Waals surface area contributed by atoms with Gasteiger partial charge in [0.2, 0.25) is 11.8 Å². The number of hydrogen-bond acceptors (Lipinski definition) is 6. The summed E-state index contributed by atoms with van der Waals surface area (Å²) in [4.78, 5) is 41.5. The van der Waals surface area contributed by atoms with Gasteiger partial charge in [-0.15, -0.1) is 5.10 Å². The fraction of sp³-hybridized carbons (Fsp3) is 0.321. The zero-order valence-electron chi connectivity index (χ0n) is 22.2. The first-order valence-corrected chi connectivity index (χ1v) is 12.4. The smallest absolute Gasteiger partial charge is 0.337 e. The van der Waals surface area contributed by atoms with Crippen LogP contribution >= 0.6 is 0 Å². The fourth-order valence-electron chi connectivity index (χ4n) is 4.18. The van der Waals surface area contributed by atoms with Crippen LogP contribution < -0.4 is 10.2 Å². The Morgan fingerprint density at radius 2 is 1.76 bits per heavy atom. The average Bonchev–Trinajstić information content (AvgIpc) is 3.52. The molecule has 0 saturated heterocycles. The number of rotatable bonds is 9. The number of aryl methyl sites for hydroxylation is 1. The first kappa shape index (κ1) is 26.6. The third-order valence-electron chi connectivity index (χ3n) is 6.66. The molecule has 0 unspecified atom stereocenters. The Balaban J connectivity index is 1.82. The third-order valence-corrected chi connectivity index (χ3v) is 6.66. The lowest BCUT2D eigenvalue weighted by atomic mass is 10.00. The van der Waals surface area contributed by atoms with Crippen molar-refractivity contribution in [1.82, 2.24) is 24.9 Å². The molecule has 0 bridgehead atoms. The van der Waals surface area contributed by atoms with Crippen LogP contribution in [0.15, 0.2) is 66.9 Å². The van der Waals surface area contributed by atoms with Gasteiger partial charge >= 0.3 is 5.97 Å². The summed E-state index contributed by atoms with van der Waals surface area (Å²) in [6, 6.07) is 16.4. The molecule has 10 nitrogen and oxygen atoms in total. The van der Waals surface area contributed by atoms with Crippen LogP contribution in [0, 0.1) is 0 Å². The molecule has 2 aromatic heterocycles. The summed E-state index contributed by atoms with van der Waals surface area (Å²) in [6.07, 6.45) is 2.53. The number of para-hydroxylation sites is 1. The Labute approximate surface area is 221 Å². The van der Waals surface area contributed by atoms with E-state index >= 15 is 0 Å². The van der Waals surface area contributed by atoms with Crippen LogP contribution in [0.1, 0.15) is 49.3 Å². The van der Waals surface area contributed by atoms with E-state index in [0.29, 0.717) is 34.4 Å². The number of esters is 1. The Morgan fingerprint density at radius 1 is 1.05 bits per heavy atom. The highest BCUT2D eigenvalue weighted by Gasteiger charge is 2.36. The van der Waals surface area contributed by atoms with Gasteiger partial charge in [0.25, 0.3) is 0 Å². The summed E-state index contributed by atoms with van der Waals surface area (Å²) in [7, 11) is 3.13. The molecule has 4 rings (SSSR count). The second-order valence-corrected chi connectivity index (χ2v) is 9.71. The molecule has 1 N–H and O–H groups in total. The molecule has 2 aromatic carbocycles. The van der Waals surface area contributed by atoms with Gasteiger partial charge < -0.3 is 14.6 Å². The van der Waals surface area contributed by atoms with Gasteiger partial charge in [-0.2, -0.15) is 0 Å². The minimum atomic E-state index is -0.993. The van der Waals surface area contributed by atoms with Crippen LogP contribution in [-0.2, 0) is 27.9 Å². The number of fused-ring (bicyclic) bond motifs is 1. The van der Waals surface area contributed by atoms with Gasteiger partial charge in [0.15, 0.2) is 6.04 Å². The van der Waals surface area contributed by atoms with E-state index in [9.17, 15) is 14.4 Å². The average molecular weight is 517 g/mol. The lowest BCUT2D eigenvalue weighted by Crippen LogP contribution is -2.51. The second kappa shape index (κ2) is 10.9. The predicted octanol–water partition coefficient (Wildman–Crippen LogP) is 3.64. The van der Waals surface area contributed by atoms with Gasteiger partial charge in [0.1, 0.15) is 12.1 Å². The van der Waals surface area contributed by atoms with Crippen molar-refractivity contribution in [3.8, 4) is 0 Å². The number of methoxy groups -OCH3 is 1. The van der Waals surface area contributed by atoms with E-state index in [1.165, 1.54) is 16.7 Å². The molecule has 0 saturated carbocycles. The molecular weight excluding hydrogens is 484 g/mol. The number of nitrogens with zero attached hydrogens (tertiary/aromatic N) is 5. The minimum Gasteiger partial charge on any atom is -0.465 e. The number of carbonyl (C=O) groups excluding carboxylic acids is 3. The summed E-state index contributed by atoms with van der Waals surface area (Å²) in [5.74, 6) is -1.19. The minimum absolute atomic E-state index is 0.148. The third kappa shape index (κ3) is 5.44. The molecule has 38 heavy (non-hydrogen) atoms. The van der Waals surface area contributed by atoms with Crippen molar-refractivity contribution in [2.45, 2.75) is 45.3 Å². The fourth-order valence-corrected chi connectivity index (χ4v) is 4.18. The standard InChI is InChI=1S/C28H32N6O4/c1-6-28(2,3)29-26(36)25(23-12-9-17-32(23)4)34(20-15-13-19(14-16-20)27(37)38-5)24(35)18-33-22-11-8-7-10-21(22)30-31-33/h7-17,25H,6,18H2,1-5H3,(H,29,36)/t25-/m1/s1. The SMILES string of the molecule is CCC(C)(C)NC(=O)[C@@H](c1cccn1C)N(C(=O)Cn1nnc2ccccc21)c1ccc(C(=O)OC)cc1. The van der Waals surface area contributed by atoms with Crippen LogP contribution in [0.25, 0.3) is 11.0 Å². The molecule has 0 spiro atoms. The topological polar surface area (TPSA) is 111 Å². The molecule has 0 fully saturated rings. The maximum atomic E-state index is 14.1. The molecular formula is C28H32N6O4. The highest BCUT2D eigenvalue weighted by molar-refractivity contribution is 6.02. The Morgan fingerprint density at radius 3 is 2.39 bits per heavy atom. The number of nitrogens with one attached hydrogen (secondary N) is 1. The van der Waals surface area contributed by atoms with Crippen molar-refractivity contribution in [1.29, 1.82) is 0 Å². The largest absolute Gasteiger partial charge is 0.465 e. The van der Waals surface area contributed by atoms with Crippen molar-refractivity contribution in [2.75, 3.05) is 12.0 Å². The van der Waals surface area contributed by atoms with Crippen LogP contribution in [0.3, 0.4) is 0 Å². The van der Waals surface area contributed by atoms with E-state index in [4.69, 9.17) is 4.74 Å². The van der Waals surface area contributed by atoms with Gasteiger partial charge in [-0.3, -0.25) is 14.5 Å². The van der Waals surface area contributed by atoms with E-state index in [1.54, 1.807) is 24.3 Å². The summed E-state index contributed by atoms with van der Waals surface area (Å²) in [5, 5.41) is 11.4. The second-order valence-electron chi connectivity index (χ2n) is 9.71. The number of carbonyl (C=O) groups is 3. The van der Waals surface area contributed by atoms with Crippen molar-refractivity contribution < 1.29 is 19.1 Å². The molecule has 10 heteroatoms. The van der Waals surface area contributed by atoms with Crippen LogP contribution in [-0.4, -0.2) is 50.0 Å². The number of anilines is 1. The van der Waals surface area contributed by atoms with Crippen molar-refractivity contribution in [3.63, 3.8) is 0 Å². The molecule has 198 valence electrons. The van der Waals surface area contributed by atoms with Gasteiger partial charge in [0, 0.05) is 24.5 Å².